The van der Waals surface area contributed by atoms with Crippen molar-refractivity contribution in [1.29, 1.82) is 0 Å². The van der Waals surface area contributed by atoms with Gasteiger partial charge in [-0.3, -0.25) is 0 Å². The molecule has 1 heterocycles. The van der Waals surface area contributed by atoms with Crippen LogP contribution in [0.25, 0.3) is 0 Å². The summed E-state index contributed by atoms with van der Waals surface area (Å²) < 4.78 is 0. The molecule has 1 atom stereocenters. The maximum absolute atomic E-state index is 8.93. The zero-order chi connectivity index (χ0) is 13.6. The van der Waals surface area contributed by atoms with Gasteiger partial charge in [-0.1, -0.05) is 33.8 Å². The zero-order valence-corrected chi connectivity index (χ0v) is 12.0. The number of aliphatic hydroxyl groups excluding tert-OH is 1. The molecular formula is C15H26N2O. The lowest BCUT2D eigenvalue weighted by Gasteiger charge is -2.18. The number of hydrogen-bond donors (Lipinski definition) is 2. The van der Waals surface area contributed by atoms with Gasteiger partial charge in [0.05, 0.1) is 0 Å². The zero-order valence-electron chi connectivity index (χ0n) is 12.0. The van der Waals surface area contributed by atoms with Crippen molar-refractivity contribution in [2.45, 2.75) is 46.0 Å². The van der Waals surface area contributed by atoms with Crippen LogP contribution in [-0.2, 0) is 5.41 Å². The molecule has 0 saturated heterocycles. The Morgan fingerprint density at radius 2 is 2.06 bits per heavy atom. The van der Waals surface area contributed by atoms with E-state index in [1.54, 1.807) is 0 Å². The standard InChI is InChI=1S/C15H26N2O/c1-12(11-18)6-5-9-16-14-8-7-13(10-17-14)15(2,3)4/h7-8,10,12,18H,5-6,9,11H2,1-4H3,(H,16,17). The van der Waals surface area contributed by atoms with Crippen LogP contribution in [-0.4, -0.2) is 23.2 Å². The summed E-state index contributed by atoms with van der Waals surface area (Å²) in [5.41, 5.74) is 1.41. The first-order chi connectivity index (χ1) is 8.43. The molecule has 0 amide bonds. The van der Waals surface area contributed by atoms with Crippen LogP contribution >= 0.6 is 0 Å². The Kier molecular flexibility index (Phi) is 5.60. The minimum Gasteiger partial charge on any atom is -0.396 e. The van der Waals surface area contributed by atoms with Crippen LogP contribution in [0, 0.1) is 5.92 Å². The first-order valence-corrected chi connectivity index (χ1v) is 6.74. The first kappa shape index (κ1) is 15.0. The summed E-state index contributed by atoms with van der Waals surface area (Å²) in [7, 11) is 0. The van der Waals surface area contributed by atoms with Gasteiger partial charge in [0.15, 0.2) is 0 Å². The smallest absolute Gasteiger partial charge is 0.125 e. The maximum Gasteiger partial charge on any atom is 0.125 e. The van der Waals surface area contributed by atoms with Crippen LogP contribution in [0.4, 0.5) is 5.82 Å². The molecule has 0 aliphatic rings. The fourth-order valence-corrected chi connectivity index (χ4v) is 1.70. The fourth-order valence-electron chi connectivity index (χ4n) is 1.70. The molecule has 18 heavy (non-hydrogen) atoms. The van der Waals surface area contributed by atoms with E-state index in [9.17, 15) is 0 Å². The molecule has 1 aromatic rings. The van der Waals surface area contributed by atoms with Crippen molar-refractivity contribution in [2.24, 2.45) is 5.92 Å². The highest BCUT2D eigenvalue weighted by molar-refractivity contribution is 5.36. The molecule has 1 unspecified atom stereocenters. The van der Waals surface area contributed by atoms with E-state index in [2.05, 4.69) is 44.1 Å². The molecule has 3 nitrogen and oxygen atoms in total. The minimum absolute atomic E-state index is 0.155. The predicted octanol–water partition coefficient (Wildman–Crippen LogP) is 3.20. The Morgan fingerprint density at radius 1 is 1.33 bits per heavy atom. The number of anilines is 1. The highest BCUT2D eigenvalue weighted by Gasteiger charge is 2.13. The monoisotopic (exact) mass is 250 g/mol. The average molecular weight is 250 g/mol. The third kappa shape index (κ3) is 5.05. The first-order valence-electron chi connectivity index (χ1n) is 6.74. The second kappa shape index (κ2) is 6.74. The Morgan fingerprint density at radius 3 is 2.56 bits per heavy atom. The van der Waals surface area contributed by atoms with Gasteiger partial charge in [-0.15, -0.1) is 0 Å². The van der Waals surface area contributed by atoms with Gasteiger partial charge in [-0.05, 0) is 35.8 Å². The molecule has 0 bridgehead atoms. The molecule has 0 aliphatic carbocycles. The van der Waals surface area contributed by atoms with Crippen LogP contribution in [0.1, 0.15) is 46.1 Å². The van der Waals surface area contributed by atoms with Gasteiger partial charge >= 0.3 is 0 Å². The SMILES string of the molecule is CC(CO)CCCNc1ccc(C(C)(C)C)cn1. The molecular weight excluding hydrogens is 224 g/mol. The molecule has 0 aromatic carbocycles. The Labute approximate surface area is 111 Å². The molecule has 1 rings (SSSR count). The van der Waals surface area contributed by atoms with Crippen molar-refractivity contribution in [1.82, 2.24) is 4.98 Å². The van der Waals surface area contributed by atoms with Gasteiger partial charge in [-0.25, -0.2) is 4.98 Å². The van der Waals surface area contributed by atoms with Crippen molar-refractivity contribution < 1.29 is 5.11 Å². The number of hydrogen-bond acceptors (Lipinski definition) is 3. The van der Waals surface area contributed by atoms with Gasteiger partial charge in [-0.2, -0.15) is 0 Å². The Hall–Kier alpha value is -1.09. The number of pyridine rings is 1. The van der Waals surface area contributed by atoms with Gasteiger partial charge in [0, 0.05) is 19.3 Å². The molecule has 0 radical (unpaired) electrons. The number of aromatic nitrogens is 1. The van der Waals surface area contributed by atoms with Crippen molar-refractivity contribution >= 4 is 5.82 Å². The predicted molar refractivity (Wildman–Crippen MR) is 76.9 cm³/mol. The molecule has 0 fully saturated rings. The van der Waals surface area contributed by atoms with Crippen LogP contribution in [0.5, 0.6) is 0 Å². The second-order valence-electron chi connectivity index (χ2n) is 6.04. The number of aliphatic hydroxyl groups is 1. The molecule has 102 valence electrons. The van der Waals surface area contributed by atoms with Gasteiger partial charge < -0.3 is 10.4 Å². The summed E-state index contributed by atoms with van der Waals surface area (Å²) in [6.07, 6.45) is 4.05. The van der Waals surface area contributed by atoms with Crippen LogP contribution in [0.15, 0.2) is 18.3 Å². The van der Waals surface area contributed by atoms with Crippen molar-refractivity contribution in [2.75, 3.05) is 18.5 Å². The largest absolute Gasteiger partial charge is 0.396 e. The molecule has 0 aliphatic heterocycles. The van der Waals surface area contributed by atoms with Crippen molar-refractivity contribution in [3.05, 3.63) is 23.9 Å². The van der Waals surface area contributed by atoms with E-state index in [0.717, 1.165) is 25.2 Å². The molecule has 0 saturated carbocycles. The minimum atomic E-state index is 0.155. The summed E-state index contributed by atoms with van der Waals surface area (Å²) in [5.74, 6) is 1.32. The number of nitrogens with zero attached hydrogens (tertiary/aromatic N) is 1. The van der Waals surface area contributed by atoms with Crippen molar-refractivity contribution in [3.63, 3.8) is 0 Å². The third-order valence-electron chi connectivity index (χ3n) is 3.12. The summed E-state index contributed by atoms with van der Waals surface area (Å²) in [6.45, 7) is 9.81. The van der Waals surface area contributed by atoms with Gasteiger partial charge in [0.2, 0.25) is 0 Å². The molecule has 0 spiro atoms. The summed E-state index contributed by atoms with van der Waals surface area (Å²) in [4.78, 5) is 4.42. The Balaban J connectivity index is 2.36. The van der Waals surface area contributed by atoms with E-state index >= 15 is 0 Å². The van der Waals surface area contributed by atoms with Gasteiger partial charge in [0.25, 0.3) is 0 Å². The van der Waals surface area contributed by atoms with E-state index in [1.165, 1.54) is 5.56 Å². The summed E-state index contributed by atoms with van der Waals surface area (Å²) in [6, 6.07) is 4.17. The van der Waals surface area contributed by atoms with E-state index in [0.29, 0.717) is 5.92 Å². The quantitative estimate of drug-likeness (QED) is 0.762. The summed E-state index contributed by atoms with van der Waals surface area (Å²) in [5, 5.41) is 12.2. The highest BCUT2D eigenvalue weighted by atomic mass is 16.3. The van der Waals surface area contributed by atoms with Crippen LogP contribution in [0.2, 0.25) is 0 Å². The third-order valence-corrected chi connectivity index (χ3v) is 3.12. The van der Waals surface area contributed by atoms with Crippen LogP contribution in [0.3, 0.4) is 0 Å². The Bertz CT molecular complexity index is 341. The normalized spacial score (nSPS) is 13.4. The lowest BCUT2D eigenvalue weighted by Crippen LogP contribution is -2.12. The maximum atomic E-state index is 8.93. The van der Waals surface area contributed by atoms with E-state index in [1.807, 2.05) is 12.3 Å². The second-order valence-corrected chi connectivity index (χ2v) is 6.04. The number of nitrogens with one attached hydrogen (secondary N) is 1. The molecule has 2 N–H and O–H groups in total. The fraction of sp³-hybridized carbons (Fsp3) is 0.667. The average Bonchev–Trinajstić information content (AvgIpc) is 2.33. The molecule has 1 aromatic heterocycles. The highest BCUT2D eigenvalue weighted by Crippen LogP contribution is 2.21. The van der Waals surface area contributed by atoms with Gasteiger partial charge in [0.1, 0.15) is 5.82 Å². The van der Waals surface area contributed by atoms with E-state index < -0.39 is 0 Å². The number of rotatable bonds is 6. The van der Waals surface area contributed by atoms with Crippen LogP contribution < -0.4 is 5.32 Å². The molecule has 3 heteroatoms. The summed E-state index contributed by atoms with van der Waals surface area (Å²) >= 11 is 0. The lowest BCUT2D eigenvalue weighted by atomic mass is 9.88. The van der Waals surface area contributed by atoms with Crippen molar-refractivity contribution in [3.8, 4) is 0 Å². The van der Waals surface area contributed by atoms with E-state index in [4.69, 9.17) is 5.11 Å². The van der Waals surface area contributed by atoms with E-state index in [-0.39, 0.29) is 12.0 Å². The lowest BCUT2D eigenvalue weighted by molar-refractivity contribution is 0.229. The topological polar surface area (TPSA) is 45.1 Å².